The highest BCUT2D eigenvalue weighted by Crippen LogP contribution is 2.31. The van der Waals surface area contributed by atoms with Crippen molar-refractivity contribution in [3.05, 3.63) is 53.2 Å². The van der Waals surface area contributed by atoms with Crippen molar-refractivity contribution in [3.63, 3.8) is 0 Å². The number of pyridine rings is 1. The second kappa shape index (κ2) is 6.63. The summed E-state index contributed by atoms with van der Waals surface area (Å²) >= 11 is 1.76. The lowest BCUT2D eigenvalue weighted by atomic mass is 10.1. The molecule has 0 saturated heterocycles. The highest BCUT2D eigenvalue weighted by molar-refractivity contribution is 7.99. The lowest BCUT2D eigenvalue weighted by Crippen LogP contribution is -2.17. The summed E-state index contributed by atoms with van der Waals surface area (Å²) < 4.78 is 0. The summed E-state index contributed by atoms with van der Waals surface area (Å²) in [7, 11) is 0. The van der Waals surface area contributed by atoms with Crippen LogP contribution in [0.1, 0.15) is 43.0 Å². The van der Waals surface area contributed by atoms with Crippen LogP contribution in [0.5, 0.6) is 0 Å². The van der Waals surface area contributed by atoms with Crippen molar-refractivity contribution in [2.24, 2.45) is 0 Å². The molecular formula is C18H22N2S. The fourth-order valence-electron chi connectivity index (χ4n) is 2.86. The van der Waals surface area contributed by atoms with E-state index in [9.17, 15) is 0 Å². The number of aromatic nitrogens is 1. The number of nitrogens with zero attached hydrogens (tertiary/aromatic N) is 1. The maximum Gasteiger partial charge on any atom is 0.101 e. The zero-order valence-electron chi connectivity index (χ0n) is 12.7. The third-order valence-electron chi connectivity index (χ3n) is 4.06. The van der Waals surface area contributed by atoms with Gasteiger partial charge in [-0.1, -0.05) is 30.8 Å². The van der Waals surface area contributed by atoms with Crippen molar-refractivity contribution in [3.8, 4) is 0 Å². The van der Waals surface area contributed by atoms with Gasteiger partial charge in [-0.05, 0) is 67.6 Å². The predicted octanol–water partition coefficient (Wildman–Crippen LogP) is 4.39. The first-order valence-corrected chi connectivity index (χ1v) is 8.57. The molecule has 110 valence electrons. The van der Waals surface area contributed by atoms with Crippen molar-refractivity contribution >= 4 is 11.8 Å². The Morgan fingerprint density at radius 3 is 2.81 bits per heavy atom. The van der Waals surface area contributed by atoms with Crippen molar-refractivity contribution in [1.29, 1.82) is 0 Å². The summed E-state index contributed by atoms with van der Waals surface area (Å²) in [5, 5.41) is 4.48. The molecule has 1 aromatic carbocycles. The minimum atomic E-state index is 0.363. The Balaban J connectivity index is 1.70. The zero-order valence-corrected chi connectivity index (χ0v) is 13.5. The molecule has 0 amide bonds. The average Bonchev–Trinajstić information content (AvgIpc) is 2.96. The molecule has 1 aliphatic rings. The van der Waals surface area contributed by atoms with Crippen LogP contribution in [-0.4, -0.2) is 11.5 Å². The van der Waals surface area contributed by atoms with E-state index in [1.54, 1.807) is 11.8 Å². The first kappa shape index (κ1) is 14.6. The van der Waals surface area contributed by atoms with E-state index in [0.717, 1.165) is 11.6 Å². The molecule has 3 rings (SSSR count). The van der Waals surface area contributed by atoms with E-state index < -0.39 is 0 Å². The van der Waals surface area contributed by atoms with Gasteiger partial charge in [-0.25, -0.2) is 4.98 Å². The van der Waals surface area contributed by atoms with Gasteiger partial charge in [0.05, 0.1) is 0 Å². The Kier molecular flexibility index (Phi) is 4.61. The van der Waals surface area contributed by atoms with Gasteiger partial charge >= 0.3 is 0 Å². The van der Waals surface area contributed by atoms with Crippen LogP contribution < -0.4 is 5.32 Å². The Hall–Kier alpha value is -1.32. The van der Waals surface area contributed by atoms with Gasteiger partial charge in [0.1, 0.15) is 5.03 Å². The molecule has 2 nitrogen and oxygen atoms in total. The highest BCUT2D eigenvalue weighted by atomic mass is 32.2. The zero-order chi connectivity index (χ0) is 14.7. The number of hydrogen-bond acceptors (Lipinski definition) is 3. The molecule has 0 aliphatic heterocycles. The molecule has 1 heterocycles. The van der Waals surface area contributed by atoms with Crippen LogP contribution in [0.4, 0.5) is 0 Å². The normalized spacial score (nSPS) is 15.0. The summed E-state index contributed by atoms with van der Waals surface area (Å²) in [6.45, 7) is 5.28. The molecule has 1 aliphatic carbocycles. The molecular weight excluding hydrogens is 276 g/mol. The summed E-state index contributed by atoms with van der Waals surface area (Å²) in [5.74, 6) is 0. The standard InChI is InChI=1S/C18H22N2S/c1-3-19-13(2)16-8-10-18(20-12-16)21-17-9-7-14-5-4-6-15(14)11-17/h7-13,19H,3-6H2,1-2H3. The molecule has 1 atom stereocenters. The first-order chi connectivity index (χ1) is 10.3. The number of rotatable bonds is 5. The van der Waals surface area contributed by atoms with Gasteiger partial charge in [-0.2, -0.15) is 0 Å². The van der Waals surface area contributed by atoms with Crippen LogP contribution in [0.2, 0.25) is 0 Å². The maximum absolute atomic E-state index is 4.59. The number of nitrogens with one attached hydrogen (secondary N) is 1. The van der Waals surface area contributed by atoms with Crippen LogP contribution in [0.15, 0.2) is 46.5 Å². The van der Waals surface area contributed by atoms with Crippen LogP contribution in [-0.2, 0) is 12.8 Å². The third kappa shape index (κ3) is 3.47. The Bertz CT molecular complexity index is 607. The quantitative estimate of drug-likeness (QED) is 0.886. The van der Waals surface area contributed by atoms with Gasteiger partial charge in [0, 0.05) is 17.1 Å². The number of benzene rings is 1. The van der Waals surface area contributed by atoms with E-state index in [1.165, 1.54) is 40.8 Å². The minimum absolute atomic E-state index is 0.363. The van der Waals surface area contributed by atoms with Gasteiger partial charge in [0.15, 0.2) is 0 Å². The minimum Gasteiger partial charge on any atom is -0.310 e. The fourth-order valence-corrected chi connectivity index (χ4v) is 3.68. The molecule has 21 heavy (non-hydrogen) atoms. The Morgan fingerprint density at radius 2 is 2.05 bits per heavy atom. The maximum atomic E-state index is 4.59. The fraction of sp³-hybridized carbons (Fsp3) is 0.389. The molecule has 1 N–H and O–H groups in total. The summed E-state index contributed by atoms with van der Waals surface area (Å²) in [4.78, 5) is 5.90. The monoisotopic (exact) mass is 298 g/mol. The van der Waals surface area contributed by atoms with E-state index in [-0.39, 0.29) is 0 Å². The van der Waals surface area contributed by atoms with Crippen LogP contribution in [0.25, 0.3) is 0 Å². The van der Waals surface area contributed by atoms with Gasteiger partial charge in [0.2, 0.25) is 0 Å². The van der Waals surface area contributed by atoms with Gasteiger partial charge in [0.25, 0.3) is 0 Å². The molecule has 1 unspecified atom stereocenters. The SMILES string of the molecule is CCNC(C)c1ccc(Sc2ccc3c(c2)CCC3)nc1. The number of fused-ring (bicyclic) bond motifs is 1. The van der Waals surface area contributed by atoms with E-state index in [2.05, 4.69) is 54.5 Å². The molecule has 2 aromatic rings. The summed E-state index contributed by atoms with van der Waals surface area (Å²) in [6, 6.07) is 11.5. The van der Waals surface area contributed by atoms with E-state index in [1.807, 2.05) is 6.20 Å². The molecule has 0 bridgehead atoms. The molecule has 0 spiro atoms. The lowest BCUT2D eigenvalue weighted by molar-refractivity contribution is 0.595. The van der Waals surface area contributed by atoms with Crippen molar-refractivity contribution in [1.82, 2.24) is 10.3 Å². The number of hydrogen-bond donors (Lipinski definition) is 1. The third-order valence-corrected chi connectivity index (χ3v) is 5.00. The van der Waals surface area contributed by atoms with Crippen molar-refractivity contribution < 1.29 is 0 Å². The largest absolute Gasteiger partial charge is 0.310 e. The van der Waals surface area contributed by atoms with Crippen molar-refractivity contribution in [2.75, 3.05) is 6.54 Å². The first-order valence-electron chi connectivity index (χ1n) is 7.75. The second-order valence-electron chi connectivity index (χ2n) is 5.60. The Labute approximate surface area is 131 Å². The lowest BCUT2D eigenvalue weighted by Gasteiger charge is -2.12. The van der Waals surface area contributed by atoms with Crippen molar-refractivity contribution in [2.45, 2.75) is 49.1 Å². The average molecular weight is 298 g/mol. The van der Waals surface area contributed by atoms with Crippen LogP contribution >= 0.6 is 11.8 Å². The molecule has 0 fully saturated rings. The van der Waals surface area contributed by atoms with Gasteiger partial charge in [-0.3, -0.25) is 0 Å². The molecule has 0 radical (unpaired) electrons. The molecule has 0 saturated carbocycles. The van der Waals surface area contributed by atoms with Gasteiger partial charge < -0.3 is 5.32 Å². The van der Waals surface area contributed by atoms with E-state index in [0.29, 0.717) is 6.04 Å². The summed E-state index contributed by atoms with van der Waals surface area (Å²) in [6.07, 6.45) is 5.77. The smallest absolute Gasteiger partial charge is 0.101 e. The van der Waals surface area contributed by atoms with E-state index in [4.69, 9.17) is 0 Å². The van der Waals surface area contributed by atoms with E-state index >= 15 is 0 Å². The second-order valence-corrected chi connectivity index (χ2v) is 6.69. The predicted molar refractivity (Wildman–Crippen MR) is 88.9 cm³/mol. The van der Waals surface area contributed by atoms with Crippen LogP contribution in [0.3, 0.4) is 0 Å². The molecule has 3 heteroatoms. The summed E-state index contributed by atoms with van der Waals surface area (Å²) in [5.41, 5.74) is 4.30. The highest BCUT2D eigenvalue weighted by Gasteiger charge is 2.11. The molecule has 1 aromatic heterocycles. The Morgan fingerprint density at radius 1 is 1.19 bits per heavy atom. The van der Waals surface area contributed by atoms with Gasteiger partial charge in [-0.15, -0.1) is 0 Å². The topological polar surface area (TPSA) is 24.9 Å². The van der Waals surface area contributed by atoms with Crippen LogP contribution in [0, 0.1) is 0 Å². The number of aryl methyl sites for hydroxylation is 2.